The number of hydrogen-bond acceptors (Lipinski definition) is 4. The van der Waals surface area contributed by atoms with Crippen molar-refractivity contribution in [3.63, 3.8) is 0 Å². The number of rotatable bonds is 7. The fourth-order valence-electron chi connectivity index (χ4n) is 2.10. The molecule has 0 aromatic heterocycles. The van der Waals surface area contributed by atoms with Crippen LogP contribution < -0.4 is 10.1 Å². The van der Waals surface area contributed by atoms with Crippen molar-refractivity contribution in [2.75, 3.05) is 18.2 Å². The monoisotopic (exact) mass is 361 g/mol. The fraction of sp³-hybridized carbons (Fsp3) is 0.316. The van der Waals surface area contributed by atoms with Crippen LogP contribution in [0.25, 0.3) is 0 Å². The standard InChI is InChI=1S/C19H23NO4S/c1-14(2)12-13-24-17-8-4-15(5-9-17)19(21)20-16-6-10-18(11-7-16)25(3,22)23/h4-11,14H,12-13H2,1-3H3,(H,20,21). The lowest BCUT2D eigenvalue weighted by atomic mass is 10.1. The van der Waals surface area contributed by atoms with Gasteiger partial charge in [0, 0.05) is 17.5 Å². The molecule has 2 rings (SSSR count). The Morgan fingerprint density at radius 1 is 1.04 bits per heavy atom. The molecule has 0 aliphatic rings. The van der Waals surface area contributed by atoms with E-state index in [1.54, 1.807) is 36.4 Å². The highest BCUT2D eigenvalue weighted by molar-refractivity contribution is 7.90. The molecule has 2 aromatic rings. The molecule has 0 spiro atoms. The summed E-state index contributed by atoms with van der Waals surface area (Å²) in [6.45, 7) is 4.93. The number of amides is 1. The maximum atomic E-state index is 12.2. The van der Waals surface area contributed by atoms with Gasteiger partial charge >= 0.3 is 0 Å². The summed E-state index contributed by atoms with van der Waals surface area (Å²) in [7, 11) is -3.24. The van der Waals surface area contributed by atoms with Gasteiger partial charge in [0.1, 0.15) is 5.75 Å². The van der Waals surface area contributed by atoms with Gasteiger partial charge in [-0.25, -0.2) is 8.42 Å². The van der Waals surface area contributed by atoms with Crippen LogP contribution in [-0.4, -0.2) is 27.2 Å². The van der Waals surface area contributed by atoms with E-state index in [2.05, 4.69) is 19.2 Å². The number of ether oxygens (including phenoxy) is 1. The normalized spacial score (nSPS) is 11.4. The minimum Gasteiger partial charge on any atom is -0.494 e. The third-order valence-corrected chi connectivity index (χ3v) is 4.75. The average molecular weight is 361 g/mol. The first-order valence-corrected chi connectivity index (χ1v) is 9.99. The van der Waals surface area contributed by atoms with Crippen LogP contribution in [0.4, 0.5) is 5.69 Å². The van der Waals surface area contributed by atoms with E-state index >= 15 is 0 Å². The van der Waals surface area contributed by atoms with Crippen LogP contribution in [-0.2, 0) is 9.84 Å². The Morgan fingerprint density at radius 3 is 2.16 bits per heavy atom. The van der Waals surface area contributed by atoms with Gasteiger partial charge in [0.15, 0.2) is 9.84 Å². The van der Waals surface area contributed by atoms with Gasteiger partial charge < -0.3 is 10.1 Å². The Labute approximate surface area is 148 Å². The minimum atomic E-state index is -3.24. The second-order valence-electron chi connectivity index (χ2n) is 6.31. The van der Waals surface area contributed by atoms with Crippen molar-refractivity contribution in [1.82, 2.24) is 0 Å². The van der Waals surface area contributed by atoms with Crippen LogP contribution in [0, 0.1) is 5.92 Å². The number of nitrogens with one attached hydrogen (secondary N) is 1. The molecule has 0 saturated heterocycles. The molecule has 0 fully saturated rings. The summed E-state index contributed by atoms with van der Waals surface area (Å²) in [5, 5.41) is 2.74. The van der Waals surface area contributed by atoms with Gasteiger partial charge in [-0.3, -0.25) is 4.79 Å². The van der Waals surface area contributed by atoms with E-state index < -0.39 is 9.84 Å². The zero-order valence-corrected chi connectivity index (χ0v) is 15.5. The fourth-order valence-corrected chi connectivity index (χ4v) is 2.73. The molecule has 0 radical (unpaired) electrons. The summed E-state index contributed by atoms with van der Waals surface area (Å²) >= 11 is 0. The molecule has 6 heteroatoms. The lowest BCUT2D eigenvalue weighted by Gasteiger charge is -2.09. The molecule has 0 aliphatic carbocycles. The van der Waals surface area contributed by atoms with Crippen molar-refractivity contribution < 1.29 is 17.9 Å². The van der Waals surface area contributed by atoms with Crippen LogP contribution in [0.1, 0.15) is 30.6 Å². The summed E-state index contributed by atoms with van der Waals surface area (Å²) in [6.07, 6.45) is 2.12. The predicted octanol–water partition coefficient (Wildman–Crippen LogP) is 3.77. The van der Waals surface area contributed by atoms with Gasteiger partial charge in [-0.15, -0.1) is 0 Å². The Kier molecular flexibility index (Phi) is 6.20. The molecule has 0 aliphatic heterocycles. The van der Waals surface area contributed by atoms with Crippen LogP contribution >= 0.6 is 0 Å². The summed E-state index contributed by atoms with van der Waals surface area (Å²) in [5.41, 5.74) is 1.04. The third-order valence-electron chi connectivity index (χ3n) is 3.62. The van der Waals surface area contributed by atoms with Crippen molar-refractivity contribution in [2.24, 2.45) is 5.92 Å². The molecular formula is C19H23NO4S. The number of carbonyl (C=O) groups is 1. The molecular weight excluding hydrogens is 338 g/mol. The van der Waals surface area contributed by atoms with E-state index in [-0.39, 0.29) is 10.8 Å². The zero-order valence-electron chi connectivity index (χ0n) is 14.7. The molecule has 1 amide bonds. The molecule has 0 atom stereocenters. The second-order valence-corrected chi connectivity index (χ2v) is 8.32. The molecule has 0 saturated carbocycles. The van der Waals surface area contributed by atoms with Crippen molar-refractivity contribution in [3.05, 3.63) is 54.1 Å². The number of carbonyl (C=O) groups excluding carboxylic acids is 1. The van der Waals surface area contributed by atoms with E-state index in [0.717, 1.165) is 18.4 Å². The first-order chi connectivity index (χ1) is 11.8. The first kappa shape index (κ1) is 19.0. The Balaban J connectivity index is 1.96. The lowest BCUT2D eigenvalue weighted by Crippen LogP contribution is -2.12. The smallest absolute Gasteiger partial charge is 0.255 e. The van der Waals surface area contributed by atoms with Gasteiger partial charge in [0.2, 0.25) is 0 Å². The van der Waals surface area contributed by atoms with Crippen LogP contribution in [0.15, 0.2) is 53.4 Å². The molecule has 25 heavy (non-hydrogen) atoms. The zero-order chi connectivity index (χ0) is 18.4. The van der Waals surface area contributed by atoms with Gasteiger partial charge in [-0.1, -0.05) is 13.8 Å². The maximum Gasteiger partial charge on any atom is 0.255 e. The molecule has 0 heterocycles. The van der Waals surface area contributed by atoms with Gasteiger partial charge in [-0.2, -0.15) is 0 Å². The summed E-state index contributed by atoms with van der Waals surface area (Å²) < 4.78 is 28.5. The number of benzene rings is 2. The second kappa shape index (κ2) is 8.16. The highest BCUT2D eigenvalue weighted by Gasteiger charge is 2.09. The largest absolute Gasteiger partial charge is 0.494 e. The van der Waals surface area contributed by atoms with Crippen molar-refractivity contribution >= 4 is 21.4 Å². The van der Waals surface area contributed by atoms with Crippen molar-refractivity contribution in [3.8, 4) is 5.75 Å². The number of anilines is 1. The third kappa shape index (κ3) is 5.90. The molecule has 2 aromatic carbocycles. The SMILES string of the molecule is CC(C)CCOc1ccc(C(=O)Nc2ccc(S(C)(=O)=O)cc2)cc1. The Bertz CT molecular complexity index is 810. The van der Waals surface area contributed by atoms with Gasteiger partial charge in [0.05, 0.1) is 11.5 Å². The van der Waals surface area contributed by atoms with Gasteiger partial charge in [-0.05, 0) is 60.9 Å². The van der Waals surface area contributed by atoms with E-state index in [1.807, 2.05) is 0 Å². The summed E-state index contributed by atoms with van der Waals surface area (Å²) in [4.78, 5) is 12.5. The Hall–Kier alpha value is -2.34. The first-order valence-electron chi connectivity index (χ1n) is 8.10. The Morgan fingerprint density at radius 2 is 1.64 bits per heavy atom. The van der Waals surface area contributed by atoms with E-state index in [4.69, 9.17) is 4.74 Å². The van der Waals surface area contributed by atoms with Gasteiger partial charge in [0.25, 0.3) is 5.91 Å². The highest BCUT2D eigenvalue weighted by Crippen LogP contribution is 2.17. The summed E-state index contributed by atoms with van der Waals surface area (Å²) in [6, 6.07) is 13.0. The quantitative estimate of drug-likeness (QED) is 0.815. The highest BCUT2D eigenvalue weighted by atomic mass is 32.2. The molecule has 1 N–H and O–H groups in total. The van der Waals surface area contributed by atoms with Crippen molar-refractivity contribution in [1.29, 1.82) is 0 Å². The van der Waals surface area contributed by atoms with E-state index in [0.29, 0.717) is 23.8 Å². The van der Waals surface area contributed by atoms with E-state index in [1.165, 1.54) is 12.1 Å². The predicted molar refractivity (Wildman–Crippen MR) is 98.9 cm³/mol. The molecule has 134 valence electrons. The maximum absolute atomic E-state index is 12.2. The summed E-state index contributed by atoms with van der Waals surface area (Å²) in [5.74, 6) is 1.05. The number of sulfone groups is 1. The topological polar surface area (TPSA) is 72.5 Å². The van der Waals surface area contributed by atoms with Crippen LogP contribution in [0.3, 0.4) is 0 Å². The lowest BCUT2D eigenvalue weighted by molar-refractivity contribution is 0.102. The molecule has 5 nitrogen and oxygen atoms in total. The van der Waals surface area contributed by atoms with Crippen molar-refractivity contribution in [2.45, 2.75) is 25.2 Å². The van der Waals surface area contributed by atoms with Crippen LogP contribution in [0.2, 0.25) is 0 Å². The molecule has 0 unspecified atom stereocenters. The molecule has 0 bridgehead atoms. The van der Waals surface area contributed by atoms with E-state index in [9.17, 15) is 13.2 Å². The van der Waals surface area contributed by atoms with Crippen LogP contribution in [0.5, 0.6) is 5.75 Å². The minimum absolute atomic E-state index is 0.216. The average Bonchev–Trinajstić information content (AvgIpc) is 2.55. The number of hydrogen-bond donors (Lipinski definition) is 1.